The van der Waals surface area contributed by atoms with Crippen molar-refractivity contribution in [1.29, 1.82) is 0 Å². The summed E-state index contributed by atoms with van der Waals surface area (Å²) in [4.78, 5) is 4.06. The number of hydrogen-bond donors (Lipinski definition) is 1. The number of pyridine rings is 1. The highest BCUT2D eigenvalue weighted by atomic mass is 35.5. The molecule has 2 aromatic rings. The smallest absolute Gasteiger partial charge is 0.399 e. The first-order valence-corrected chi connectivity index (χ1v) is 9.92. The minimum atomic E-state index is -4.13. The molecule has 3 rings (SSSR count). The third-order valence-electron chi connectivity index (χ3n) is 4.94. The monoisotopic (exact) mass is 394 g/mol. The Morgan fingerprint density at radius 1 is 1.12 bits per heavy atom. The topological polar surface area (TPSA) is 91.5 Å². The molecule has 6 nitrogen and oxygen atoms in total. The van der Waals surface area contributed by atoms with Crippen LogP contribution in [0.25, 0.3) is 0 Å². The van der Waals surface area contributed by atoms with Crippen LogP contribution in [0.3, 0.4) is 0 Å². The molecule has 0 radical (unpaired) electrons. The van der Waals surface area contributed by atoms with Gasteiger partial charge >= 0.3 is 7.12 Å². The minimum Gasteiger partial charge on any atom is -0.399 e. The van der Waals surface area contributed by atoms with Gasteiger partial charge in [-0.3, -0.25) is 10.7 Å². The summed E-state index contributed by atoms with van der Waals surface area (Å²) in [6, 6.07) is 11.3. The van der Waals surface area contributed by atoms with Crippen LogP contribution in [0.1, 0.15) is 20.8 Å². The summed E-state index contributed by atoms with van der Waals surface area (Å²) < 4.78 is 36.1. The Hall–Kier alpha value is -1.45. The van der Waals surface area contributed by atoms with Crippen LogP contribution in [-0.4, -0.2) is 36.1 Å². The molecule has 2 N–H and O–H groups in total. The number of benzene rings is 1. The molecule has 138 valence electrons. The van der Waals surface area contributed by atoms with Gasteiger partial charge in [0.1, 0.15) is 5.60 Å². The van der Waals surface area contributed by atoms with Crippen molar-refractivity contribution >= 4 is 34.0 Å². The SMILES string of the molecule is CC1(C)OB(c2cccnc2)OC1(C)C(N)(Cl)S(=O)(=O)c1ccccc1. The maximum absolute atomic E-state index is 13.2. The van der Waals surface area contributed by atoms with Crippen LogP contribution in [0.2, 0.25) is 0 Å². The lowest BCUT2D eigenvalue weighted by atomic mass is 9.80. The maximum Gasteiger partial charge on any atom is 0.496 e. The number of halogens is 1. The summed E-state index contributed by atoms with van der Waals surface area (Å²) in [5.41, 5.74) is 4.25. The molecule has 2 atom stereocenters. The van der Waals surface area contributed by atoms with Gasteiger partial charge in [-0.05, 0) is 39.0 Å². The molecule has 26 heavy (non-hydrogen) atoms. The first-order chi connectivity index (χ1) is 12.0. The van der Waals surface area contributed by atoms with Crippen molar-refractivity contribution in [2.24, 2.45) is 5.73 Å². The van der Waals surface area contributed by atoms with Gasteiger partial charge in [0.25, 0.3) is 0 Å². The first-order valence-electron chi connectivity index (χ1n) is 8.06. The summed E-state index contributed by atoms with van der Waals surface area (Å²) in [7, 11) is -4.97. The number of alkyl halides is 1. The second-order valence-corrected chi connectivity index (χ2v) is 9.80. The van der Waals surface area contributed by atoms with E-state index in [2.05, 4.69) is 4.98 Å². The molecule has 0 amide bonds. The largest absolute Gasteiger partial charge is 0.496 e. The number of rotatable bonds is 4. The number of aromatic nitrogens is 1. The van der Waals surface area contributed by atoms with Gasteiger partial charge in [0.05, 0.1) is 10.5 Å². The van der Waals surface area contributed by atoms with E-state index in [1.807, 2.05) is 0 Å². The third kappa shape index (κ3) is 2.77. The highest BCUT2D eigenvalue weighted by Gasteiger charge is 2.68. The zero-order valence-electron chi connectivity index (χ0n) is 14.7. The summed E-state index contributed by atoms with van der Waals surface area (Å²) in [5.74, 6) is 0. The Kier molecular flexibility index (Phi) is 4.69. The van der Waals surface area contributed by atoms with Gasteiger partial charge in [-0.25, -0.2) is 8.42 Å². The lowest BCUT2D eigenvalue weighted by Gasteiger charge is -2.45. The highest BCUT2D eigenvalue weighted by Crippen LogP contribution is 2.48. The molecule has 0 aliphatic carbocycles. The summed E-state index contributed by atoms with van der Waals surface area (Å²) in [6.07, 6.45) is 3.21. The third-order valence-corrected chi connectivity index (χ3v) is 7.98. The lowest BCUT2D eigenvalue weighted by molar-refractivity contribution is -0.0210. The fourth-order valence-corrected chi connectivity index (χ4v) is 5.13. The van der Waals surface area contributed by atoms with Gasteiger partial charge in [-0.1, -0.05) is 35.9 Å². The van der Waals surface area contributed by atoms with Gasteiger partial charge < -0.3 is 9.31 Å². The van der Waals surface area contributed by atoms with E-state index >= 15 is 0 Å². The van der Waals surface area contributed by atoms with Crippen LogP contribution in [0.4, 0.5) is 0 Å². The van der Waals surface area contributed by atoms with Gasteiger partial charge in [0.15, 0.2) is 0 Å². The van der Waals surface area contributed by atoms with Crippen molar-refractivity contribution in [2.75, 3.05) is 0 Å². The predicted molar refractivity (Wildman–Crippen MR) is 101 cm³/mol. The molecule has 0 spiro atoms. The molecule has 0 saturated carbocycles. The fraction of sp³-hybridized carbons (Fsp3) is 0.353. The van der Waals surface area contributed by atoms with E-state index in [-0.39, 0.29) is 4.90 Å². The van der Waals surface area contributed by atoms with E-state index in [9.17, 15) is 8.42 Å². The van der Waals surface area contributed by atoms with Gasteiger partial charge in [-0.15, -0.1) is 0 Å². The summed E-state index contributed by atoms with van der Waals surface area (Å²) in [5, 5.41) is 0. The van der Waals surface area contributed by atoms with Crippen LogP contribution in [-0.2, 0) is 19.1 Å². The van der Waals surface area contributed by atoms with Crippen molar-refractivity contribution in [2.45, 2.75) is 41.2 Å². The molecule has 1 aliphatic heterocycles. The number of hydrogen-bond acceptors (Lipinski definition) is 6. The van der Waals surface area contributed by atoms with Crippen molar-refractivity contribution in [3.05, 3.63) is 54.9 Å². The van der Waals surface area contributed by atoms with Crippen LogP contribution in [0.15, 0.2) is 59.8 Å². The molecule has 1 aromatic carbocycles. The van der Waals surface area contributed by atoms with Crippen LogP contribution >= 0.6 is 11.6 Å². The van der Waals surface area contributed by atoms with E-state index in [1.54, 1.807) is 63.5 Å². The Bertz CT molecular complexity index is 893. The quantitative estimate of drug-likeness (QED) is 0.482. The van der Waals surface area contributed by atoms with E-state index < -0.39 is 32.5 Å². The van der Waals surface area contributed by atoms with E-state index in [0.717, 1.165) is 0 Å². The Morgan fingerprint density at radius 2 is 1.77 bits per heavy atom. The Balaban J connectivity index is 2.05. The van der Waals surface area contributed by atoms with Gasteiger partial charge in [0.2, 0.25) is 14.2 Å². The molecule has 1 saturated heterocycles. The second-order valence-electron chi connectivity index (χ2n) is 6.86. The molecule has 2 heterocycles. The molecule has 1 fully saturated rings. The highest BCUT2D eigenvalue weighted by molar-refractivity contribution is 7.94. The molecule has 9 heteroatoms. The molecular weight excluding hydrogens is 375 g/mol. The zero-order valence-corrected chi connectivity index (χ0v) is 16.3. The standard InChI is InChI=1S/C17H20BClN2O4S/c1-15(2)16(3,25-18(24-15)13-8-7-11-21-12-13)17(19,20)26(22,23)14-9-5-4-6-10-14/h4-12H,20H2,1-3H3. The van der Waals surface area contributed by atoms with Crippen LogP contribution in [0.5, 0.6) is 0 Å². The van der Waals surface area contributed by atoms with Crippen molar-refractivity contribution in [3.8, 4) is 0 Å². The minimum absolute atomic E-state index is 0.0166. The lowest BCUT2D eigenvalue weighted by Crippen LogP contribution is -2.67. The summed E-state index contributed by atoms with van der Waals surface area (Å²) >= 11 is 6.52. The average Bonchev–Trinajstić information content (AvgIpc) is 2.87. The van der Waals surface area contributed by atoms with Crippen LogP contribution < -0.4 is 11.2 Å². The first kappa shape index (κ1) is 19.3. The molecular formula is C17H20BClN2O4S. The second kappa shape index (κ2) is 6.32. The Labute approximate surface area is 158 Å². The van der Waals surface area contributed by atoms with E-state index in [0.29, 0.717) is 5.46 Å². The molecule has 2 unspecified atom stereocenters. The average molecular weight is 395 g/mol. The number of nitrogens with zero attached hydrogens (tertiary/aromatic N) is 1. The fourth-order valence-electron chi connectivity index (χ4n) is 2.93. The van der Waals surface area contributed by atoms with Gasteiger partial charge in [0, 0.05) is 17.9 Å². The van der Waals surface area contributed by atoms with Crippen molar-refractivity contribution < 1.29 is 17.7 Å². The Morgan fingerprint density at radius 3 is 2.35 bits per heavy atom. The van der Waals surface area contributed by atoms with E-state index in [4.69, 9.17) is 26.6 Å². The normalized spacial score (nSPS) is 25.0. The summed E-state index contributed by atoms with van der Waals surface area (Å²) in [6.45, 7) is 4.96. The zero-order chi connectivity index (χ0) is 19.2. The van der Waals surface area contributed by atoms with E-state index in [1.165, 1.54) is 12.1 Å². The maximum atomic E-state index is 13.2. The molecule has 1 aliphatic rings. The predicted octanol–water partition coefficient (Wildman–Crippen LogP) is 1.69. The van der Waals surface area contributed by atoms with Crippen molar-refractivity contribution in [1.82, 2.24) is 4.98 Å². The molecule has 0 bridgehead atoms. The number of sulfone groups is 1. The van der Waals surface area contributed by atoms with Crippen molar-refractivity contribution in [3.63, 3.8) is 0 Å². The van der Waals surface area contributed by atoms with Gasteiger partial charge in [-0.2, -0.15) is 0 Å². The van der Waals surface area contributed by atoms with Crippen LogP contribution in [0, 0.1) is 0 Å². The molecule has 1 aromatic heterocycles. The number of nitrogens with two attached hydrogens (primary N) is 1.